The number of nitrogens with one attached hydrogen (secondary N) is 2. The standard InChI is InChI=1S/C18H28N4O3S.2ClH/c1-21-9-4-10-22(12-11-21)18(23)15-5-2-7-17(13-15)26(24,25)20-16-6-3-8-19-14-16;;/h2,5,7,13,16,19-20H,3-4,6,8-12,14H2,1H3;2*1H/t16-;;/m1../s1. The average molecular weight is 453 g/mol. The van der Waals surface area contributed by atoms with Crippen LogP contribution in [0.15, 0.2) is 29.2 Å². The summed E-state index contributed by atoms with van der Waals surface area (Å²) in [6, 6.07) is 6.28. The Hall–Kier alpha value is -0.900. The lowest BCUT2D eigenvalue weighted by Crippen LogP contribution is -2.45. The second-order valence-electron chi connectivity index (χ2n) is 7.14. The van der Waals surface area contributed by atoms with Gasteiger partial charge in [0.1, 0.15) is 0 Å². The van der Waals surface area contributed by atoms with Gasteiger partial charge >= 0.3 is 0 Å². The summed E-state index contributed by atoms with van der Waals surface area (Å²) in [4.78, 5) is 17.0. The molecular weight excluding hydrogens is 423 g/mol. The monoisotopic (exact) mass is 452 g/mol. The number of benzene rings is 1. The summed E-state index contributed by atoms with van der Waals surface area (Å²) in [5.41, 5.74) is 0.430. The number of sulfonamides is 1. The molecule has 0 unspecified atom stereocenters. The minimum Gasteiger partial charge on any atom is -0.337 e. The lowest BCUT2D eigenvalue weighted by Gasteiger charge is -2.24. The number of likely N-dealkylation sites (N-methyl/N-ethyl adjacent to an activating group) is 1. The summed E-state index contributed by atoms with van der Waals surface area (Å²) >= 11 is 0. The molecule has 0 aliphatic carbocycles. The summed E-state index contributed by atoms with van der Waals surface area (Å²) in [6.45, 7) is 4.73. The van der Waals surface area contributed by atoms with Crippen molar-refractivity contribution in [2.24, 2.45) is 0 Å². The molecular formula is C18H30Cl2N4O3S. The number of nitrogens with zero attached hydrogens (tertiary/aromatic N) is 2. The van der Waals surface area contributed by atoms with Gasteiger partial charge in [0.25, 0.3) is 5.91 Å². The van der Waals surface area contributed by atoms with Crippen LogP contribution in [0.25, 0.3) is 0 Å². The van der Waals surface area contributed by atoms with E-state index in [4.69, 9.17) is 0 Å². The number of piperidine rings is 1. The third-order valence-electron chi connectivity index (χ3n) is 5.02. The molecule has 0 aromatic heterocycles. The molecule has 160 valence electrons. The highest BCUT2D eigenvalue weighted by molar-refractivity contribution is 7.89. The first kappa shape index (κ1) is 25.1. The lowest BCUT2D eigenvalue weighted by molar-refractivity contribution is 0.0762. The van der Waals surface area contributed by atoms with E-state index in [-0.39, 0.29) is 41.7 Å². The van der Waals surface area contributed by atoms with Crippen LogP contribution < -0.4 is 10.0 Å². The van der Waals surface area contributed by atoms with Gasteiger partial charge in [-0.3, -0.25) is 4.79 Å². The Labute approximate surface area is 180 Å². The molecule has 0 saturated carbocycles. The zero-order chi connectivity index (χ0) is 18.6. The molecule has 0 radical (unpaired) electrons. The molecule has 28 heavy (non-hydrogen) atoms. The smallest absolute Gasteiger partial charge is 0.253 e. The number of halogens is 2. The van der Waals surface area contributed by atoms with Gasteiger partial charge in [0.15, 0.2) is 0 Å². The van der Waals surface area contributed by atoms with Crippen LogP contribution in [-0.4, -0.2) is 76.5 Å². The predicted octanol–water partition coefficient (Wildman–Crippen LogP) is 1.34. The molecule has 1 aromatic carbocycles. The van der Waals surface area contributed by atoms with Gasteiger partial charge < -0.3 is 15.1 Å². The highest BCUT2D eigenvalue weighted by atomic mass is 35.5. The second-order valence-corrected chi connectivity index (χ2v) is 8.86. The molecule has 1 amide bonds. The molecule has 0 bridgehead atoms. The zero-order valence-electron chi connectivity index (χ0n) is 16.1. The summed E-state index contributed by atoms with van der Waals surface area (Å²) in [5.74, 6) is -0.100. The molecule has 1 atom stereocenters. The summed E-state index contributed by atoms with van der Waals surface area (Å²) in [6.07, 6.45) is 2.71. The van der Waals surface area contributed by atoms with E-state index in [1.165, 1.54) is 6.07 Å². The van der Waals surface area contributed by atoms with Gasteiger partial charge in [-0.25, -0.2) is 13.1 Å². The number of carbonyl (C=O) groups is 1. The highest BCUT2D eigenvalue weighted by Gasteiger charge is 2.24. The molecule has 2 aliphatic heterocycles. The fraction of sp³-hybridized carbons (Fsp3) is 0.611. The average Bonchev–Trinajstić information content (AvgIpc) is 2.86. The molecule has 2 N–H and O–H groups in total. The Kier molecular flexibility index (Phi) is 10.2. The fourth-order valence-electron chi connectivity index (χ4n) is 3.47. The number of carbonyl (C=O) groups excluding carboxylic acids is 1. The van der Waals surface area contributed by atoms with Crippen LogP contribution in [0.1, 0.15) is 29.6 Å². The normalized spacial score (nSPS) is 21.2. The summed E-state index contributed by atoms with van der Waals surface area (Å²) in [5, 5.41) is 3.20. The van der Waals surface area contributed by atoms with Crippen molar-refractivity contribution in [3.05, 3.63) is 29.8 Å². The van der Waals surface area contributed by atoms with Gasteiger partial charge in [-0.05, 0) is 57.6 Å². The van der Waals surface area contributed by atoms with Crippen LogP contribution in [0.3, 0.4) is 0 Å². The highest BCUT2D eigenvalue weighted by Crippen LogP contribution is 2.16. The molecule has 1 aromatic rings. The largest absolute Gasteiger partial charge is 0.337 e. The Morgan fingerprint density at radius 3 is 2.64 bits per heavy atom. The van der Waals surface area contributed by atoms with Crippen molar-refractivity contribution in [2.75, 3.05) is 46.3 Å². The van der Waals surface area contributed by atoms with E-state index in [9.17, 15) is 13.2 Å². The second kappa shape index (κ2) is 11.3. The van der Waals surface area contributed by atoms with E-state index < -0.39 is 10.0 Å². The van der Waals surface area contributed by atoms with Gasteiger partial charge in [-0.1, -0.05) is 6.07 Å². The van der Waals surface area contributed by atoms with Gasteiger partial charge in [-0.15, -0.1) is 24.8 Å². The van der Waals surface area contributed by atoms with E-state index in [1.807, 2.05) is 11.9 Å². The van der Waals surface area contributed by atoms with Crippen molar-refractivity contribution >= 4 is 40.7 Å². The minimum atomic E-state index is -3.63. The predicted molar refractivity (Wildman–Crippen MR) is 115 cm³/mol. The maximum atomic E-state index is 12.8. The van der Waals surface area contributed by atoms with E-state index in [1.54, 1.807) is 18.2 Å². The van der Waals surface area contributed by atoms with Crippen LogP contribution in [0.4, 0.5) is 0 Å². The minimum absolute atomic E-state index is 0. The number of hydrogen-bond donors (Lipinski definition) is 2. The zero-order valence-corrected chi connectivity index (χ0v) is 18.5. The van der Waals surface area contributed by atoms with E-state index >= 15 is 0 Å². The van der Waals surface area contributed by atoms with Crippen molar-refractivity contribution in [3.8, 4) is 0 Å². The first-order valence-corrected chi connectivity index (χ1v) is 10.7. The summed E-state index contributed by atoms with van der Waals surface area (Å²) < 4.78 is 28.1. The van der Waals surface area contributed by atoms with Gasteiger partial charge in [0.2, 0.25) is 10.0 Å². The summed E-state index contributed by atoms with van der Waals surface area (Å²) in [7, 11) is -1.58. The molecule has 0 spiro atoms. The molecule has 10 heteroatoms. The van der Waals surface area contributed by atoms with Crippen molar-refractivity contribution in [2.45, 2.75) is 30.2 Å². The first-order valence-electron chi connectivity index (χ1n) is 9.27. The molecule has 2 saturated heterocycles. The lowest BCUT2D eigenvalue weighted by atomic mass is 10.1. The van der Waals surface area contributed by atoms with Crippen LogP contribution in [0.5, 0.6) is 0 Å². The Bertz CT molecular complexity index is 742. The number of hydrogen-bond acceptors (Lipinski definition) is 5. The van der Waals surface area contributed by atoms with Crippen molar-refractivity contribution < 1.29 is 13.2 Å². The maximum Gasteiger partial charge on any atom is 0.253 e. The van der Waals surface area contributed by atoms with Crippen LogP contribution in [0, 0.1) is 0 Å². The van der Waals surface area contributed by atoms with E-state index in [0.717, 1.165) is 38.9 Å². The topological polar surface area (TPSA) is 81.8 Å². The SMILES string of the molecule is CN1CCCN(C(=O)c2cccc(S(=O)(=O)N[C@@H]3CCCNC3)c2)CC1.Cl.Cl. The Balaban J connectivity index is 0.00000196. The van der Waals surface area contributed by atoms with E-state index in [2.05, 4.69) is 14.9 Å². The molecule has 2 aliphatic rings. The maximum absolute atomic E-state index is 12.8. The Morgan fingerprint density at radius 2 is 1.93 bits per heavy atom. The number of rotatable bonds is 4. The first-order chi connectivity index (χ1) is 12.5. The van der Waals surface area contributed by atoms with Gasteiger partial charge in [0, 0.05) is 37.8 Å². The molecule has 7 nitrogen and oxygen atoms in total. The van der Waals surface area contributed by atoms with Crippen molar-refractivity contribution in [1.82, 2.24) is 19.8 Å². The van der Waals surface area contributed by atoms with E-state index in [0.29, 0.717) is 25.2 Å². The van der Waals surface area contributed by atoms with Crippen molar-refractivity contribution in [1.29, 1.82) is 0 Å². The van der Waals surface area contributed by atoms with Crippen LogP contribution in [-0.2, 0) is 10.0 Å². The third kappa shape index (κ3) is 6.57. The molecule has 3 rings (SSSR count). The van der Waals surface area contributed by atoms with Crippen LogP contribution >= 0.6 is 24.8 Å². The van der Waals surface area contributed by atoms with Gasteiger partial charge in [0.05, 0.1) is 4.90 Å². The number of amides is 1. The fourth-order valence-corrected chi connectivity index (χ4v) is 4.78. The van der Waals surface area contributed by atoms with Crippen LogP contribution in [0.2, 0.25) is 0 Å². The Morgan fingerprint density at radius 1 is 1.14 bits per heavy atom. The van der Waals surface area contributed by atoms with Crippen molar-refractivity contribution in [3.63, 3.8) is 0 Å². The van der Waals surface area contributed by atoms with Gasteiger partial charge in [-0.2, -0.15) is 0 Å². The quantitative estimate of drug-likeness (QED) is 0.719. The third-order valence-corrected chi connectivity index (χ3v) is 6.53. The molecule has 2 heterocycles. The molecule has 2 fully saturated rings.